The molecule has 0 aliphatic heterocycles. The molecule has 2 unspecified atom stereocenters. The number of hydrogen-bond donors (Lipinski definition) is 2. The van der Waals surface area contributed by atoms with E-state index in [1.807, 2.05) is 50.2 Å². The summed E-state index contributed by atoms with van der Waals surface area (Å²) >= 11 is 3.44. The SMILES string of the molecule is CCC(C)c1ccccc1OCC(=O)NNC(=O)C(C)Oc1c(C)cc(Br)cc1C. The first-order chi connectivity index (χ1) is 14.2. The first-order valence-electron chi connectivity index (χ1n) is 9.96. The van der Waals surface area contributed by atoms with Gasteiger partial charge in [0, 0.05) is 4.47 Å². The van der Waals surface area contributed by atoms with Crippen molar-refractivity contribution in [3.05, 3.63) is 57.6 Å². The van der Waals surface area contributed by atoms with Gasteiger partial charge in [-0.2, -0.15) is 0 Å². The number of aryl methyl sites for hydroxylation is 2. The fourth-order valence-electron chi connectivity index (χ4n) is 2.96. The molecule has 162 valence electrons. The number of ether oxygens (including phenoxy) is 2. The highest BCUT2D eigenvalue weighted by Gasteiger charge is 2.18. The summed E-state index contributed by atoms with van der Waals surface area (Å²) in [6, 6.07) is 11.5. The van der Waals surface area contributed by atoms with Crippen molar-refractivity contribution in [1.82, 2.24) is 10.9 Å². The second-order valence-corrected chi connectivity index (χ2v) is 8.22. The third kappa shape index (κ3) is 6.49. The van der Waals surface area contributed by atoms with Gasteiger partial charge in [-0.15, -0.1) is 0 Å². The van der Waals surface area contributed by atoms with Crippen LogP contribution >= 0.6 is 15.9 Å². The molecule has 0 aliphatic carbocycles. The van der Waals surface area contributed by atoms with Crippen molar-refractivity contribution >= 4 is 27.7 Å². The zero-order valence-corrected chi connectivity index (χ0v) is 19.6. The Hall–Kier alpha value is -2.54. The van der Waals surface area contributed by atoms with Crippen LogP contribution in [0.1, 0.15) is 49.8 Å². The van der Waals surface area contributed by atoms with Gasteiger partial charge in [0.1, 0.15) is 11.5 Å². The van der Waals surface area contributed by atoms with Gasteiger partial charge in [-0.05, 0) is 68.0 Å². The molecule has 6 nitrogen and oxygen atoms in total. The van der Waals surface area contributed by atoms with E-state index < -0.39 is 17.9 Å². The quantitative estimate of drug-likeness (QED) is 0.546. The number of hydrazine groups is 1. The zero-order valence-electron chi connectivity index (χ0n) is 18.0. The molecule has 2 amide bonds. The molecule has 0 saturated heterocycles. The minimum absolute atomic E-state index is 0.201. The van der Waals surface area contributed by atoms with E-state index in [9.17, 15) is 9.59 Å². The maximum atomic E-state index is 12.3. The molecule has 0 fully saturated rings. The van der Waals surface area contributed by atoms with E-state index in [0.717, 1.165) is 27.6 Å². The molecule has 0 saturated carbocycles. The van der Waals surface area contributed by atoms with Gasteiger partial charge in [0.2, 0.25) is 0 Å². The molecule has 2 aromatic rings. The highest BCUT2D eigenvalue weighted by atomic mass is 79.9. The van der Waals surface area contributed by atoms with Gasteiger partial charge in [0.15, 0.2) is 12.7 Å². The van der Waals surface area contributed by atoms with E-state index >= 15 is 0 Å². The Balaban J connectivity index is 1.86. The van der Waals surface area contributed by atoms with Gasteiger partial charge < -0.3 is 9.47 Å². The lowest BCUT2D eigenvalue weighted by molar-refractivity contribution is -0.133. The Bertz CT molecular complexity index is 878. The summed E-state index contributed by atoms with van der Waals surface area (Å²) in [5, 5.41) is 0. The number of carbonyl (C=O) groups is 2. The molecular weight excluding hydrogens is 448 g/mol. The van der Waals surface area contributed by atoms with E-state index in [4.69, 9.17) is 9.47 Å². The van der Waals surface area contributed by atoms with Crippen LogP contribution < -0.4 is 20.3 Å². The number of nitrogens with one attached hydrogen (secondary N) is 2. The third-order valence-corrected chi connectivity index (χ3v) is 5.29. The number of rotatable bonds is 8. The van der Waals surface area contributed by atoms with Crippen molar-refractivity contribution in [2.75, 3.05) is 6.61 Å². The monoisotopic (exact) mass is 476 g/mol. The van der Waals surface area contributed by atoms with Crippen LogP contribution in [0.5, 0.6) is 11.5 Å². The van der Waals surface area contributed by atoms with E-state index in [1.54, 1.807) is 6.92 Å². The van der Waals surface area contributed by atoms with Gasteiger partial charge in [0.05, 0.1) is 0 Å². The Kier molecular flexibility index (Phi) is 8.72. The van der Waals surface area contributed by atoms with E-state index in [0.29, 0.717) is 17.4 Å². The molecule has 2 atom stereocenters. The normalized spacial score (nSPS) is 12.6. The molecule has 0 spiro atoms. The van der Waals surface area contributed by atoms with Gasteiger partial charge >= 0.3 is 0 Å². The van der Waals surface area contributed by atoms with E-state index in [-0.39, 0.29) is 6.61 Å². The molecule has 2 N–H and O–H groups in total. The van der Waals surface area contributed by atoms with Crippen LogP contribution in [-0.2, 0) is 9.59 Å². The number of para-hydroxylation sites is 1. The fourth-order valence-corrected chi connectivity index (χ4v) is 3.65. The summed E-state index contributed by atoms with van der Waals surface area (Å²) in [4.78, 5) is 24.4. The Morgan fingerprint density at radius 3 is 2.33 bits per heavy atom. The van der Waals surface area contributed by atoms with Crippen molar-refractivity contribution in [2.24, 2.45) is 0 Å². The molecule has 2 rings (SSSR count). The van der Waals surface area contributed by atoms with Crippen molar-refractivity contribution < 1.29 is 19.1 Å². The molecular formula is C23H29BrN2O4. The topological polar surface area (TPSA) is 76.7 Å². The minimum Gasteiger partial charge on any atom is -0.483 e. The standard InChI is InChI=1S/C23H29BrN2O4/c1-6-14(2)19-9-7-8-10-20(19)29-13-21(27)25-26-23(28)17(5)30-22-15(3)11-18(24)12-16(22)4/h7-12,14,17H,6,13H2,1-5H3,(H,25,27)(H,26,28). The second kappa shape index (κ2) is 11.0. The van der Waals surface area contributed by atoms with Crippen LogP contribution in [0.15, 0.2) is 40.9 Å². The molecule has 0 radical (unpaired) electrons. The number of halogens is 1. The number of hydrogen-bond acceptors (Lipinski definition) is 4. The van der Waals surface area contributed by atoms with Crippen LogP contribution in [-0.4, -0.2) is 24.5 Å². The predicted octanol–water partition coefficient (Wildman–Crippen LogP) is 4.57. The van der Waals surface area contributed by atoms with Gasteiger partial charge in [-0.25, -0.2) is 0 Å². The number of amides is 2. The summed E-state index contributed by atoms with van der Waals surface area (Å²) in [5.74, 6) is 0.742. The van der Waals surface area contributed by atoms with Crippen LogP contribution in [0.4, 0.5) is 0 Å². The summed E-state index contributed by atoms with van der Waals surface area (Å²) in [6.45, 7) is 9.46. The highest BCUT2D eigenvalue weighted by molar-refractivity contribution is 9.10. The molecule has 7 heteroatoms. The minimum atomic E-state index is -0.782. The number of carbonyl (C=O) groups excluding carboxylic acids is 2. The van der Waals surface area contributed by atoms with Crippen LogP contribution in [0.3, 0.4) is 0 Å². The van der Waals surface area contributed by atoms with Crippen LogP contribution in [0, 0.1) is 13.8 Å². The van der Waals surface area contributed by atoms with Crippen molar-refractivity contribution in [3.8, 4) is 11.5 Å². The molecule has 2 aromatic carbocycles. The smallest absolute Gasteiger partial charge is 0.279 e. The highest BCUT2D eigenvalue weighted by Crippen LogP contribution is 2.29. The van der Waals surface area contributed by atoms with Gasteiger partial charge in [-0.1, -0.05) is 48.0 Å². The molecule has 0 aromatic heterocycles. The summed E-state index contributed by atoms with van der Waals surface area (Å²) in [6.07, 6.45) is 0.189. The lowest BCUT2D eigenvalue weighted by Crippen LogP contribution is -2.48. The Morgan fingerprint density at radius 1 is 1.07 bits per heavy atom. The maximum absolute atomic E-state index is 12.3. The zero-order chi connectivity index (χ0) is 22.3. The van der Waals surface area contributed by atoms with Crippen molar-refractivity contribution in [3.63, 3.8) is 0 Å². The molecule has 30 heavy (non-hydrogen) atoms. The summed E-state index contributed by atoms with van der Waals surface area (Å²) in [5.41, 5.74) is 7.64. The summed E-state index contributed by atoms with van der Waals surface area (Å²) < 4.78 is 12.4. The average Bonchev–Trinajstić information content (AvgIpc) is 2.72. The average molecular weight is 477 g/mol. The van der Waals surface area contributed by atoms with Gasteiger partial charge in [0.25, 0.3) is 11.8 Å². The molecule has 0 heterocycles. The van der Waals surface area contributed by atoms with Crippen molar-refractivity contribution in [1.29, 1.82) is 0 Å². The first-order valence-corrected chi connectivity index (χ1v) is 10.8. The fraction of sp³-hybridized carbons (Fsp3) is 0.391. The largest absolute Gasteiger partial charge is 0.483 e. The number of benzene rings is 2. The second-order valence-electron chi connectivity index (χ2n) is 7.30. The van der Waals surface area contributed by atoms with E-state index in [1.165, 1.54) is 0 Å². The third-order valence-electron chi connectivity index (χ3n) is 4.84. The lowest BCUT2D eigenvalue weighted by Gasteiger charge is -2.19. The lowest BCUT2D eigenvalue weighted by atomic mass is 9.98. The molecule has 0 bridgehead atoms. The van der Waals surface area contributed by atoms with E-state index in [2.05, 4.69) is 40.6 Å². The molecule has 0 aliphatic rings. The van der Waals surface area contributed by atoms with Crippen molar-refractivity contribution in [2.45, 2.75) is 53.1 Å². The van der Waals surface area contributed by atoms with Crippen LogP contribution in [0.2, 0.25) is 0 Å². The Labute approximate surface area is 186 Å². The predicted molar refractivity (Wildman–Crippen MR) is 121 cm³/mol. The van der Waals surface area contributed by atoms with Crippen LogP contribution in [0.25, 0.3) is 0 Å². The maximum Gasteiger partial charge on any atom is 0.279 e. The van der Waals surface area contributed by atoms with Gasteiger partial charge in [-0.3, -0.25) is 20.4 Å². The Morgan fingerprint density at radius 2 is 1.70 bits per heavy atom. The summed E-state index contributed by atoms with van der Waals surface area (Å²) in [7, 11) is 0. The first kappa shape index (κ1) is 23.7.